The van der Waals surface area contributed by atoms with Gasteiger partial charge in [-0.15, -0.1) is 0 Å². The van der Waals surface area contributed by atoms with E-state index in [2.05, 4.69) is 0 Å². The first-order chi connectivity index (χ1) is 10.3. The Balaban J connectivity index is 2.83. The van der Waals surface area contributed by atoms with Gasteiger partial charge in [-0.2, -0.15) is 0 Å². The summed E-state index contributed by atoms with van der Waals surface area (Å²) in [5, 5.41) is 8.43. The Kier molecular flexibility index (Phi) is 6.53. The van der Waals surface area contributed by atoms with E-state index in [9.17, 15) is 9.59 Å². The van der Waals surface area contributed by atoms with E-state index in [1.165, 1.54) is 0 Å². The third-order valence-electron chi connectivity index (χ3n) is 3.18. The topological polar surface area (TPSA) is 69.6 Å². The van der Waals surface area contributed by atoms with Gasteiger partial charge < -0.3 is 4.90 Å². The van der Waals surface area contributed by atoms with Crippen LogP contribution in [0.1, 0.15) is 30.6 Å². The standard InChI is InChI=1S/C17H22N2O3/c1-12(5-10-16(20)18-22)11-13(2)17(21)14-6-8-15(9-7-14)19(3)4/h5-9,11,22H,10H2,1-4H3,(H,18,20). The number of Topliss-reactive ketones (excluding diaryl/α,β-unsaturated/α-hetero) is 1. The van der Waals surface area contributed by atoms with Gasteiger partial charge in [0.25, 0.3) is 0 Å². The van der Waals surface area contributed by atoms with E-state index >= 15 is 0 Å². The molecule has 0 spiro atoms. The molecule has 0 heterocycles. The number of carbonyl (C=O) groups excluding carboxylic acids is 2. The quantitative estimate of drug-likeness (QED) is 0.279. The average molecular weight is 302 g/mol. The van der Waals surface area contributed by atoms with Gasteiger partial charge in [-0.05, 0) is 43.7 Å². The van der Waals surface area contributed by atoms with Crippen LogP contribution in [-0.2, 0) is 4.79 Å². The largest absolute Gasteiger partial charge is 0.378 e. The summed E-state index contributed by atoms with van der Waals surface area (Å²) < 4.78 is 0. The molecule has 0 fully saturated rings. The van der Waals surface area contributed by atoms with E-state index < -0.39 is 5.91 Å². The molecule has 5 heteroatoms. The zero-order valence-electron chi connectivity index (χ0n) is 13.4. The first-order valence-corrected chi connectivity index (χ1v) is 6.95. The van der Waals surface area contributed by atoms with Crippen LogP contribution < -0.4 is 10.4 Å². The predicted octanol–water partition coefficient (Wildman–Crippen LogP) is 2.72. The maximum absolute atomic E-state index is 12.3. The maximum atomic E-state index is 12.3. The fourth-order valence-electron chi connectivity index (χ4n) is 1.90. The summed E-state index contributed by atoms with van der Waals surface area (Å²) in [4.78, 5) is 25.2. The Morgan fingerprint density at radius 2 is 1.77 bits per heavy atom. The van der Waals surface area contributed by atoms with Crippen molar-refractivity contribution in [2.75, 3.05) is 19.0 Å². The number of anilines is 1. The van der Waals surface area contributed by atoms with Gasteiger partial charge in [0.15, 0.2) is 5.78 Å². The van der Waals surface area contributed by atoms with Crippen LogP contribution in [0.15, 0.2) is 47.6 Å². The molecule has 0 aromatic heterocycles. The van der Waals surface area contributed by atoms with Gasteiger partial charge in [0, 0.05) is 31.8 Å². The van der Waals surface area contributed by atoms with E-state index in [1.807, 2.05) is 31.1 Å². The molecule has 0 aliphatic rings. The van der Waals surface area contributed by atoms with E-state index in [0.29, 0.717) is 11.1 Å². The average Bonchev–Trinajstić information content (AvgIpc) is 2.51. The normalized spacial score (nSPS) is 12.0. The lowest BCUT2D eigenvalue weighted by molar-refractivity contribution is -0.128. The van der Waals surface area contributed by atoms with Crippen LogP contribution in [0.5, 0.6) is 0 Å². The number of nitrogens with one attached hydrogen (secondary N) is 1. The Bertz CT molecular complexity index is 599. The van der Waals surface area contributed by atoms with Crippen LogP contribution in [0.25, 0.3) is 0 Å². The van der Waals surface area contributed by atoms with Crippen LogP contribution >= 0.6 is 0 Å². The molecule has 0 saturated heterocycles. The van der Waals surface area contributed by atoms with E-state index in [4.69, 9.17) is 5.21 Å². The van der Waals surface area contributed by atoms with Crippen molar-refractivity contribution < 1.29 is 14.8 Å². The lowest BCUT2D eigenvalue weighted by Gasteiger charge is -2.12. The highest BCUT2D eigenvalue weighted by Gasteiger charge is 2.08. The fourth-order valence-corrected chi connectivity index (χ4v) is 1.90. The van der Waals surface area contributed by atoms with Crippen LogP contribution in [-0.4, -0.2) is 31.0 Å². The van der Waals surface area contributed by atoms with Crippen molar-refractivity contribution in [1.82, 2.24) is 5.48 Å². The van der Waals surface area contributed by atoms with Crippen molar-refractivity contribution in [3.05, 3.63) is 53.1 Å². The smallest absolute Gasteiger partial charge is 0.247 e. The second-order valence-electron chi connectivity index (χ2n) is 5.29. The molecular formula is C17H22N2O3. The van der Waals surface area contributed by atoms with Crippen molar-refractivity contribution in [1.29, 1.82) is 0 Å². The number of allylic oxidation sites excluding steroid dienone is 3. The molecule has 118 valence electrons. The number of rotatable bonds is 6. The first kappa shape index (κ1) is 17.7. The maximum Gasteiger partial charge on any atom is 0.247 e. The van der Waals surface area contributed by atoms with Gasteiger partial charge in [0.2, 0.25) is 5.91 Å². The summed E-state index contributed by atoms with van der Waals surface area (Å²) in [5.41, 5.74) is 4.60. The molecule has 0 radical (unpaired) electrons. The second-order valence-corrected chi connectivity index (χ2v) is 5.29. The number of hydroxylamine groups is 1. The minimum Gasteiger partial charge on any atom is -0.378 e. The zero-order valence-corrected chi connectivity index (χ0v) is 13.4. The first-order valence-electron chi connectivity index (χ1n) is 6.95. The van der Waals surface area contributed by atoms with Crippen molar-refractivity contribution >= 4 is 17.4 Å². The number of hydrogen-bond donors (Lipinski definition) is 2. The Morgan fingerprint density at radius 1 is 1.18 bits per heavy atom. The summed E-state index contributed by atoms with van der Waals surface area (Å²) in [5.74, 6) is -0.541. The molecule has 0 atom stereocenters. The molecular weight excluding hydrogens is 280 g/mol. The van der Waals surface area contributed by atoms with Gasteiger partial charge in [0.05, 0.1) is 0 Å². The molecule has 1 aromatic carbocycles. The highest BCUT2D eigenvalue weighted by atomic mass is 16.5. The number of ketones is 1. The molecule has 22 heavy (non-hydrogen) atoms. The van der Waals surface area contributed by atoms with Crippen molar-refractivity contribution in [3.63, 3.8) is 0 Å². The van der Waals surface area contributed by atoms with Crippen LogP contribution in [0.4, 0.5) is 5.69 Å². The Labute approximate surface area is 130 Å². The molecule has 0 saturated carbocycles. The summed E-state index contributed by atoms with van der Waals surface area (Å²) >= 11 is 0. The van der Waals surface area contributed by atoms with Gasteiger partial charge in [-0.1, -0.05) is 17.7 Å². The number of nitrogens with zero attached hydrogens (tertiary/aromatic N) is 1. The summed E-state index contributed by atoms with van der Waals surface area (Å²) in [6, 6.07) is 7.39. The van der Waals surface area contributed by atoms with Crippen molar-refractivity contribution in [2.24, 2.45) is 0 Å². The summed E-state index contributed by atoms with van der Waals surface area (Å²) in [6.45, 7) is 3.54. The summed E-state index contributed by atoms with van der Waals surface area (Å²) in [6.07, 6.45) is 3.45. The molecule has 0 aliphatic carbocycles. The molecule has 0 unspecified atom stereocenters. The summed E-state index contributed by atoms with van der Waals surface area (Å²) in [7, 11) is 3.89. The third kappa shape index (κ3) is 5.18. The highest BCUT2D eigenvalue weighted by Crippen LogP contribution is 2.16. The zero-order chi connectivity index (χ0) is 16.7. The second kappa shape index (κ2) is 8.14. The van der Waals surface area contributed by atoms with Gasteiger partial charge >= 0.3 is 0 Å². The van der Waals surface area contributed by atoms with Crippen molar-refractivity contribution in [2.45, 2.75) is 20.3 Å². The number of hydrogen-bond acceptors (Lipinski definition) is 4. The number of carbonyl (C=O) groups is 2. The molecule has 1 rings (SSSR count). The minimum atomic E-state index is -0.490. The number of benzene rings is 1. The lowest BCUT2D eigenvalue weighted by atomic mass is 10.0. The monoisotopic (exact) mass is 302 g/mol. The SMILES string of the molecule is CC(=CCC(=O)NO)C=C(C)C(=O)c1ccc(N(C)C)cc1. The molecule has 0 aliphatic heterocycles. The van der Waals surface area contributed by atoms with Gasteiger partial charge in [-0.25, -0.2) is 5.48 Å². The van der Waals surface area contributed by atoms with Gasteiger partial charge in [0.1, 0.15) is 0 Å². The molecule has 1 aromatic rings. The Morgan fingerprint density at radius 3 is 2.27 bits per heavy atom. The Hall–Kier alpha value is -2.40. The predicted molar refractivity (Wildman–Crippen MR) is 87.2 cm³/mol. The third-order valence-corrected chi connectivity index (χ3v) is 3.18. The molecule has 1 amide bonds. The van der Waals surface area contributed by atoms with E-state index in [1.54, 1.807) is 43.6 Å². The van der Waals surface area contributed by atoms with E-state index in [-0.39, 0.29) is 12.2 Å². The lowest BCUT2D eigenvalue weighted by Crippen LogP contribution is -2.17. The molecule has 2 N–H and O–H groups in total. The molecule has 0 bridgehead atoms. The van der Waals surface area contributed by atoms with Gasteiger partial charge in [-0.3, -0.25) is 14.8 Å². The van der Waals surface area contributed by atoms with Crippen LogP contribution in [0, 0.1) is 0 Å². The van der Waals surface area contributed by atoms with Crippen molar-refractivity contribution in [3.8, 4) is 0 Å². The van der Waals surface area contributed by atoms with Crippen LogP contribution in [0.2, 0.25) is 0 Å². The minimum absolute atomic E-state index is 0.0512. The molecule has 5 nitrogen and oxygen atoms in total. The fraction of sp³-hybridized carbons (Fsp3) is 0.294. The van der Waals surface area contributed by atoms with Crippen LogP contribution in [0.3, 0.4) is 0 Å². The number of amides is 1. The van der Waals surface area contributed by atoms with E-state index in [0.717, 1.165) is 11.3 Å². The highest BCUT2D eigenvalue weighted by molar-refractivity contribution is 6.08.